The van der Waals surface area contributed by atoms with Crippen LogP contribution in [0.3, 0.4) is 0 Å². The normalized spacial score (nSPS) is 10.8. The number of halogens is 1. The van der Waals surface area contributed by atoms with Crippen molar-refractivity contribution < 1.29 is 19.1 Å². The van der Waals surface area contributed by atoms with Crippen LogP contribution in [-0.2, 0) is 0 Å². The first-order valence-electron chi connectivity index (χ1n) is 5.51. The maximum absolute atomic E-state index is 13.7. The molecule has 3 N–H and O–H groups in total. The zero-order valence-corrected chi connectivity index (χ0v) is 9.85. The summed E-state index contributed by atoms with van der Waals surface area (Å²) in [6.45, 7) is 0. The minimum absolute atomic E-state index is 0.102. The van der Waals surface area contributed by atoms with Gasteiger partial charge in [-0.15, -0.1) is 0 Å². The van der Waals surface area contributed by atoms with E-state index in [0.717, 1.165) is 6.20 Å². The van der Waals surface area contributed by atoms with E-state index < -0.39 is 11.8 Å². The number of carbonyl (C=O) groups is 2. The van der Waals surface area contributed by atoms with E-state index in [1.807, 2.05) is 0 Å². The van der Waals surface area contributed by atoms with Crippen LogP contribution in [0.5, 0.6) is 0 Å². The van der Waals surface area contributed by atoms with Gasteiger partial charge in [-0.2, -0.15) is 5.10 Å². The van der Waals surface area contributed by atoms with Crippen LogP contribution in [0.25, 0.3) is 22.3 Å². The summed E-state index contributed by atoms with van der Waals surface area (Å²) in [4.78, 5) is 28.3. The lowest BCUT2D eigenvalue weighted by molar-refractivity contribution is 0.0690. The number of aldehydes is 1. The van der Waals surface area contributed by atoms with Crippen LogP contribution in [0, 0.1) is 5.82 Å². The van der Waals surface area contributed by atoms with Crippen LogP contribution >= 0.6 is 0 Å². The molecule has 0 aromatic carbocycles. The van der Waals surface area contributed by atoms with Crippen LogP contribution in [-0.4, -0.2) is 37.5 Å². The molecule has 0 fully saturated rings. The summed E-state index contributed by atoms with van der Waals surface area (Å²) in [5.41, 5.74) is 0.845. The van der Waals surface area contributed by atoms with Crippen molar-refractivity contribution in [1.82, 2.24) is 20.2 Å². The summed E-state index contributed by atoms with van der Waals surface area (Å²) in [5, 5.41) is 15.1. The average Bonchev–Trinajstić information content (AvgIpc) is 3.06. The fourth-order valence-electron chi connectivity index (χ4n) is 1.97. The van der Waals surface area contributed by atoms with Gasteiger partial charge in [0.05, 0.1) is 11.7 Å². The summed E-state index contributed by atoms with van der Waals surface area (Å²) in [6.07, 6.45) is 2.85. The number of nitrogens with one attached hydrogen (secondary N) is 2. The molecular weight excluding hydrogens is 267 g/mol. The number of carbonyl (C=O) groups excluding carboxylic acids is 1. The second kappa shape index (κ2) is 4.26. The van der Waals surface area contributed by atoms with Gasteiger partial charge in [0, 0.05) is 23.2 Å². The van der Waals surface area contributed by atoms with Gasteiger partial charge in [0.15, 0.2) is 12.1 Å². The highest BCUT2D eigenvalue weighted by Crippen LogP contribution is 2.28. The number of H-pyrrole nitrogens is 2. The van der Waals surface area contributed by atoms with Crippen LogP contribution in [0.4, 0.5) is 4.39 Å². The predicted octanol–water partition coefficient (Wildman–Crippen LogP) is 1.60. The molecule has 7 nitrogen and oxygen atoms in total. The molecule has 0 spiro atoms. The van der Waals surface area contributed by atoms with E-state index in [4.69, 9.17) is 5.11 Å². The number of fused-ring (bicyclic) bond motifs is 1. The maximum Gasteiger partial charge on any atom is 0.353 e. The van der Waals surface area contributed by atoms with Crippen molar-refractivity contribution in [3.63, 3.8) is 0 Å². The molecule has 0 aliphatic rings. The summed E-state index contributed by atoms with van der Waals surface area (Å²) in [7, 11) is 0. The van der Waals surface area contributed by atoms with Crippen molar-refractivity contribution in [2.24, 2.45) is 0 Å². The van der Waals surface area contributed by atoms with E-state index in [0.29, 0.717) is 6.29 Å². The fourth-order valence-corrected chi connectivity index (χ4v) is 1.97. The van der Waals surface area contributed by atoms with Crippen LogP contribution in [0.2, 0.25) is 0 Å². The molecule has 3 aromatic heterocycles. The molecule has 0 amide bonds. The van der Waals surface area contributed by atoms with Gasteiger partial charge < -0.3 is 10.1 Å². The molecule has 0 saturated heterocycles. The molecule has 100 valence electrons. The molecule has 0 radical (unpaired) electrons. The first-order valence-corrected chi connectivity index (χ1v) is 5.51. The van der Waals surface area contributed by atoms with Crippen molar-refractivity contribution in [3.8, 4) is 11.4 Å². The van der Waals surface area contributed by atoms with Crippen LogP contribution in [0.15, 0.2) is 18.5 Å². The number of pyridine rings is 1. The van der Waals surface area contributed by atoms with E-state index >= 15 is 0 Å². The number of aromatic carboxylic acids is 1. The highest BCUT2D eigenvalue weighted by molar-refractivity contribution is 6.02. The van der Waals surface area contributed by atoms with Crippen molar-refractivity contribution in [2.75, 3.05) is 0 Å². The van der Waals surface area contributed by atoms with Crippen molar-refractivity contribution in [2.45, 2.75) is 0 Å². The largest absolute Gasteiger partial charge is 0.477 e. The number of nitrogens with zero attached hydrogens (tertiary/aromatic N) is 2. The second-order valence-corrected chi connectivity index (χ2v) is 4.04. The highest BCUT2D eigenvalue weighted by atomic mass is 19.1. The van der Waals surface area contributed by atoms with Gasteiger partial charge in [-0.3, -0.25) is 9.89 Å². The van der Waals surface area contributed by atoms with Crippen molar-refractivity contribution in [3.05, 3.63) is 35.5 Å². The molecule has 0 atom stereocenters. The Morgan fingerprint density at radius 3 is 2.90 bits per heavy atom. The third-order valence-electron chi connectivity index (χ3n) is 2.87. The van der Waals surface area contributed by atoms with Gasteiger partial charge in [-0.25, -0.2) is 14.2 Å². The lowest BCUT2D eigenvalue weighted by atomic mass is 10.1. The Kier molecular flexibility index (Phi) is 2.56. The summed E-state index contributed by atoms with van der Waals surface area (Å²) >= 11 is 0. The number of aromatic nitrogens is 4. The van der Waals surface area contributed by atoms with Crippen molar-refractivity contribution >= 4 is 23.2 Å². The fraction of sp³-hybridized carbons (Fsp3) is 0. The van der Waals surface area contributed by atoms with Crippen LogP contribution in [0.1, 0.15) is 20.8 Å². The maximum atomic E-state index is 13.7. The zero-order chi connectivity index (χ0) is 14.3. The Morgan fingerprint density at radius 1 is 1.45 bits per heavy atom. The first-order chi connectivity index (χ1) is 9.61. The minimum atomic E-state index is -1.16. The Morgan fingerprint density at radius 2 is 2.25 bits per heavy atom. The van der Waals surface area contributed by atoms with Gasteiger partial charge >= 0.3 is 5.97 Å². The van der Waals surface area contributed by atoms with E-state index in [1.165, 1.54) is 12.3 Å². The number of carboxylic acids is 1. The third kappa shape index (κ3) is 1.66. The smallest absolute Gasteiger partial charge is 0.353 e. The van der Waals surface area contributed by atoms with Crippen molar-refractivity contribution in [1.29, 1.82) is 0 Å². The van der Waals surface area contributed by atoms with Gasteiger partial charge in [0.2, 0.25) is 0 Å². The Labute approximate surface area is 110 Å². The molecular formula is C12H7FN4O3. The van der Waals surface area contributed by atoms with E-state index in [9.17, 15) is 14.0 Å². The lowest BCUT2D eigenvalue weighted by Crippen LogP contribution is -1.95. The topological polar surface area (TPSA) is 112 Å². The lowest BCUT2D eigenvalue weighted by Gasteiger charge is -1.99. The minimum Gasteiger partial charge on any atom is -0.477 e. The molecule has 0 aliphatic heterocycles. The average molecular weight is 274 g/mol. The molecule has 0 saturated carbocycles. The molecule has 3 aromatic rings. The Balaban J connectivity index is 2.26. The molecule has 0 aliphatic carbocycles. The predicted molar refractivity (Wildman–Crippen MR) is 66.0 cm³/mol. The standard InChI is InChI=1S/C12H7FN4O3/c13-6-3-15-10(7-1-8(12(19)20)17-16-7)11-9(6)5(4-18)2-14-11/h1-4,14H,(H,16,17)(H,19,20). The molecule has 3 rings (SSSR count). The number of aromatic amines is 2. The highest BCUT2D eigenvalue weighted by Gasteiger charge is 2.17. The van der Waals surface area contributed by atoms with E-state index in [-0.39, 0.29) is 33.5 Å². The van der Waals surface area contributed by atoms with Gasteiger partial charge in [0.25, 0.3) is 0 Å². The molecule has 20 heavy (non-hydrogen) atoms. The van der Waals surface area contributed by atoms with E-state index in [1.54, 1.807) is 0 Å². The number of rotatable bonds is 3. The Bertz CT molecular complexity index is 836. The van der Waals surface area contributed by atoms with Gasteiger partial charge in [-0.1, -0.05) is 0 Å². The quantitative estimate of drug-likeness (QED) is 0.628. The monoisotopic (exact) mass is 274 g/mol. The summed E-state index contributed by atoms with van der Waals surface area (Å²) in [5.74, 6) is -1.80. The number of carboxylic acid groups (broad SMARTS) is 1. The van der Waals surface area contributed by atoms with Gasteiger partial charge in [0.1, 0.15) is 17.1 Å². The third-order valence-corrected chi connectivity index (χ3v) is 2.87. The summed E-state index contributed by atoms with van der Waals surface area (Å²) in [6, 6.07) is 1.28. The first kappa shape index (κ1) is 12.0. The number of hydrogen-bond acceptors (Lipinski definition) is 4. The van der Waals surface area contributed by atoms with Crippen LogP contribution < -0.4 is 0 Å². The van der Waals surface area contributed by atoms with E-state index in [2.05, 4.69) is 20.2 Å². The molecule has 3 heterocycles. The Hall–Kier alpha value is -3.03. The number of hydrogen-bond donors (Lipinski definition) is 3. The summed E-state index contributed by atoms with van der Waals surface area (Å²) < 4.78 is 13.7. The molecule has 8 heteroatoms. The van der Waals surface area contributed by atoms with Gasteiger partial charge in [-0.05, 0) is 0 Å². The SMILES string of the molecule is O=Cc1c[nH]c2c(-c3cc(C(=O)O)[nH]n3)ncc(F)c12. The second-order valence-electron chi connectivity index (χ2n) is 4.04. The molecule has 0 bridgehead atoms. The molecule has 0 unspecified atom stereocenters. The zero-order valence-electron chi connectivity index (χ0n) is 9.85.